The van der Waals surface area contributed by atoms with Crippen molar-refractivity contribution in [2.24, 2.45) is 0 Å². The Morgan fingerprint density at radius 1 is 1.13 bits per heavy atom. The first-order valence-electron chi connectivity index (χ1n) is 8.46. The lowest BCUT2D eigenvalue weighted by molar-refractivity contribution is -0.275. The third-order valence-corrected chi connectivity index (χ3v) is 4.00. The van der Waals surface area contributed by atoms with Crippen molar-refractivity contribution in [3.05, 3.63) is 77.4 Å². The van der Waals surface area contributed by atoms with Crippen LogP contribution in [0.4, 0.5) is 27.6 Å². The number of hydrogen-bond donors (Lipinski definition) is 3. The van der Waals surface area contributed by atoms with E-state index in [2.05, 4.69) is 20.0 Å². The molecule has 1 amide bonds. The van der Waals surface area contributed by atoms with Crippen LogP contribution < -0.4 is 15.8 Å². The maximum Gasteiger partial charge on any atom is 0.573 e. The number of alkyl halides is 3. The lowest BCUT2D eigenvalue weighted by Crippen LogP contribution is -2.31. The molecule has 2 aromatic heterocycles. The average Bonchev–Trinajstić information content (AvgIpc) is 2.69. The second kappa shape index (κ2) is 8.42. The third kappa shape index (κ3) is 5.15. The molecule has 0 aliphatic heterocycles. The summed E-state index contributed by atoms with van der Waals surface area (Å²) in [5, 5.41) is 11.8. The number of carbonyl (C=O) groups is 1. The summed E-state index contributed by atoms with van der Waals surface area (Å²) in [6, 6.07) is 4.32. The van der Waals surface area contributed by atoms with Crippen molar-refractivity contribution in [2.45, 2.75) is 12.4 Å². The second-order valence-corrected chi connectivity index (χ2v) is 6.14. The number of hydrogen-bond acceptors (Lipinski definition) is 6. The summed E-state index contributed by atoms with van der Waals surface area (Å²) in [6.45, 7) is 0. The number of pyridine rings is 2. The van der Waals surface area contributed by atoms with Gasteiger partial charge < -0.3 is 20.9 Å². The van der Waals surface area contributed by atoms with Crippen molar-refractivity contribution < 1.29 is 36.6 Å². The Morgan fingerprint density at radius 2 is 1.87 bits per heavy atom. The Bertz CT molecular complexity index is 1120. The molecule has 3 rings (SSSR count). The molecule has 2 heterocycles. The predicted molar refractivity (Wildman–Crippen MR) is 96.9 cm³/mol. The van der Waals surface area contributed by atoms with E-state index in [4.69, 9.17) is 5.73 Å². The lowest BCUT2D eigenvalue weighted by Gasteiger charge is -2.20. The number of nitrogens with one attached hydrogen (secondary N) is 1. The minimum absolute atomic E-state index is 0.121. The molecule has 0 spiro atoms. The largest absolute Gasteiger partial charge is 0.573 e. The molecule has 0 fully saturated rings. The number of nitrogens with zero attached hydrogens (tertiary/aromatic N) is 2. The van der Waals surface area contributed by atoms with E-state index >= 15 is 0 Å². The third-order valence-electron chi connectivity index (χ3n) is 4.00. The normalized spacial score (nSPS) is 12.3. The maximum absolute atomic E-state index is 14.3. The van der Waals surface area contributed by atoms with Gasteiger partial charge in [-0.2, -0.15) is 0 Å². The van der Waals surface area contributed by atoms with Crippen LogP contribution in [0.1, 0.15) is 27.8 Å². The van der Waals surface area contributed by atoms with Crippen LogP contribution >= 0.6 is 0 Å². The smallest absolute Gasteiger partial charge is 0.504 e. The van der Waals surface area contributed by atoms with Gasteiger partial charge in [0, 0.05) is 6.20 Å². The fourth-order valence-electron chi connectivity index (χ4n) is 2.62. The number of aromatic hydroxyl groups is 1. The highest BCUT2D eigenvalue weighted by atomic mass is 19.4. The molecule has 162 valence electrons. The highest BCUT2D eigenvalue weighted by molar-refractivity contribution is 5.93. The average molecular weight is 440 g/mol. The number of aromatic nitrogens is 2. The molecule has 0 radical (unpaired) electrons. The Labute approximate surface area is 171 Å². The van der Waals surface area contributed by atoms with Gasteiger partial charge in [0.1, 0.15) is 17.2 Å². The minimum Gasteiger partial charge on any atom is -0.504 e. The van der Waals surface area contributed by atoms with Crippen molar-refractivity contribution in [1.82, 2.24) is 15.3 Å². The van der Waals surface area contributed by atoms with Crippen LogP contribution in [0.5, 0.6) is 11.5 Å². The molecule has 31 heavy (non-hydrogen) atoms. The SMILES string of the molecule is Nc1cc(C(=O)N[C@@H](c2ccc(OC(F)(F)F)c(F)c2)c2ncccc2F)ncc1O. The predicted octanol–water partition coefficient (Wildman–Crippen LogP) is 3.46. The van der Waals surface area contributed by atoms with Gasteiger partial charge in [-0.15, -0.1) is 13.2 Å². The molecule has 12 heteroatoms. The van der Waals surface area contributed by atoms with E-state index < -0.39 is 35.7 Å². The van der Waals surface area contributed by atoms with Gasteiger partial charge in [0.15, 0.2) is 17.3 Å². The fraction of sp³-hybridized carbons (Fsp3) is 0.105. The molecule has 7 nitrogen and oxygen atoms in total. The first kappa shape index (κ1) is 21.7. The molecule has 0 aliphatic carbocycles. The fourth-order valence-corrected chi connectivity index (χ4v) is 2.62. The van der Waals surface area contributed by atoms with Crippen LogP contribution in [0.15, 0.2) is 48.8 Å². The van der Waals surface area contributed by atoms with Gasteiger partial charge >= 0.3 is 6.36 Å². The zero-order chi connectivity index (χ0) is 22.8. The van der Waals surface area contributed by atoms with Gasteiger partial charge in [-0.25, -0.2) is 13.8 Å². The van der Waals surface area contributed by atoms with Gasteiger partial charge in [0.2, 0.25) is 0 Å². The molecule has 3 aromatic rings. The molecule has 0 aliphatic rings. The molecular weight excluding hydrogens is 427 g/mol. The van der Waals surface area contributed by atoms with Crippen molar-refractivity contribution in [3.63, 3.8) is 0 Å². The Morgan fingerprint density at radius 3 is 2.48 bits per heavy atom. The molecular formula is C19H13F5N4O3. The number of nitrogens with two attached hydrogens (primary N) is 1. The first-order chi connectivity index (χ1) is 14.5. The number of anilines is 1. The Kier molecular flexibility index (Phi) is 5.90. The van der Waals surface area contributed by atoms with Crippen LogP contribution in [0.3, 0.4) is 0 Å². The number of rotatable bonds is 5. The summed E-state index contributed by atoms with van der Waals surface area (Å²) in [5.74, 6) is -4.61. The summed E-state index contributed by atoms with van der Waals surface area (Å²) in [5.41, 5.74) is 4.67. The van der Waals surface area contributed by atoms with Crippen molar-refractivity contribution in [1.29, 1.82) is 0 Å². The number of carbonyl (C=O) groups excluding carboxylic acids is 1. The second-order valence-electron chi connectivity index (χ2n) is 6.14. The molecule has 0 saturated carbocycles. The van der Waals surface area contributed by atoms with Crippen LogP contribution in [0, 0.1) is 11.6 Å². The summed E-state index contributed by atoms with van der Waals surface area (Å²) in [4.78, 5) is 20.1. The molecule has 0 bridgehead atoms. The minimum atomic E-state index is -5.12. The highest BCUT2D eigenvalue weighted by Crippen LogP contribution is 2.30. The summed E-state index contributed by atoms with van der Waals surface area (Å²) >= 11 is 0. The van der Waals surface area contributed by atoms with Crippen molar-refractivity contribution in [2.75, 3.05) is 5.73 Å². The Balaban J connectivity index is 1.99. The Hall–Kier alpha value is -3.96. The summed E-state index contributed by atoms with van der Waals surface area (Å²) in [6.07, 6.45) is -2.98. The summed E-state index contributed by atoms with van der Waals surface area (Å²) in [7, 11) is 0. The van der Waals surface area contributed by atoms with E-state index in [1.807, 2.05) is 0 Å². The van der Waals surface area contributed by atoms with Crippen LogP contribution in [0.2, 0.25) is 0 Å². The van der Waals surface area contributed by atoms with Gasteiger partial charge in [0.05, 0.1) is 17.9 Å². The number of nitrogen functional groups attached to an aromatic ring is 1. The van der Waals surface area contributed by atoms with E-state index in [9.17, 15) is 31.9 Å². The standard InChI is InChI=1S/C19H13F5N4O3/c20-10-2-1-5-26-17(10)16(28-18(30)13-7-12(25)14(29)8-27-13)9-3-4-15(11(21)6-9)31-19(22,23)24/h1-8,16,29H,(H2,25,27)(H,28,30)/t16-/m0/s1. The van der Waals surface area contributed by atoms with Gasteiger partial charge in [0.25, 0.3) is 5.91 Å². The van der Waals surface area contributed by atoms with E-state index in [1.54, 1.807) is 0 Å². The number of ether oxygens (including phenoxy) is 1. The van der Waals surface area contributed by atoms with Gasteiger partial charge in [-0.1, -0.05) is 6.07 Å². The molecule has 1 atom stereocenters. The lowest BCUT2D eigenvalue weighted by atomic mass is 10.0. The van der Waals surface area contributed by atoms with Gasteiger partial charge in [-0.05, 0) is 35.9 Å². The maximum atomic E-state index is 14.3. The van der Waals surface area contributed by atoms with Crippen LogP contribution in [-0.2, 0) is 0 Å². The zero-order valence-corrected chi connectivity index (χ0v) is 15.3. The van der Waals surface area contributed by atoms with E-state index in [1.165, 1.54) is 12.3 Å². The van der Waals surface area contributed by atoms with E-state index in [0.717, 1.165) is 24.4 Å². The highest BCUT2D eigenvalue weighted by Gasteiger charge is 2.33. The van der Waals surface area contributed by atoms with E-state index in [0.29, 0.717) is 12.1 Å². The number of benzene rings is 1. The monoisotopic (exact) mass is 440 g/mol. The summed E-state index contributed by atoms with van der Waals surface area (Å²) < 4.78 is 69.3. The zero-order valence-electron chi connectivity index (χ0n) is 15.3. The van der Waals surface area contributed by atoms with Gasteiger partial charge in [-0.3, -0.25) is 9.78 Å². The van der Waals surface area contributed by atoms with Crippen LogP contribution in [-0.4, -0.2) is 27.3 Å². The van der Waals surface area contributed by atoms with Crippen molar-refractivity contribution in [3.8, 4) is 11.5 Å². The molecule has 0 saturated heterocycles. The van der Waals surface area contributed by atoms with Crippen molar-refractivity contribution >= 4 is 11.6 Å². The topological polar surface area (TPSA) is 110 Å². The number of amides is 1. The van der Waals surface area contributed by atoms with Crippen LogP contribution in [0.25, 0.3) is 0 Å². The van der Waals surface area contributed by atoms with E-state index in [-0.39, 0.29) is 28.4 Å². The molecule has 1 aromatic carbocycles. The molecule has 0 unspecified atom stereocenters. The number of halogens is 5. The first-order valence-corrected chi connectivity index (χ1v) is 8.46. The molecule has 4 N–H and O–H groups in total. The quantitative estimate of drug-likeness (QED) is 0.524.